The van der Waals surface area contributed by atoms with E-state index in [0.717, 1.165) is 57.9 Å². The van der Waals surface area contributed by atoms with Gasteiger partial charge in [0.2, 0.25) is 0 Å². The van der Waals surface area contributed by atoms with Crippen molar-refractivity contribution in [3.8, 4) is 5.75 Å². The van der Waals surface area contributed by atoms with E-state index in [0.29, 0.717) is 11.8 Å². The lowest BCUT2D eigenvalue weighted by molar-refractivity contribution is -0.147. The van der Waals surface area contributed by atoms with Crippen LogP contribution in [0.2, 0.25) is 0 Å². The summed E-state index contributed by atoms with van der Waals surface area (Å²) in [5, 5.41) is 0. The minimum atomic E-state index is 0.0191. The monoisotopic (exact) mass is 440 g/mol. The Kier molecular flexibility index (Phi) is 4.95. The number of ether oxygens (including phenoxy) is 3. The average molecular weight is 441 g/mol. The smallest absolute Gasteiger partial charge is 0.310 e. The summed E-state index contributed by atoms with van der Waals surface area (Å²) in [5.41, 5.74) is 1.60. The van der Waals surface area contributed by atoms with Gasteiger partial charge in [0, 0.05) is 50.4 Å². The second-order valence-electron chi connectivity index (χ2n) is 11.1. The van der Waals surface area contributed by atoms with Crippen LogP contribution in [0, 0.1) is 23.2 Å². The van der Waals surface area contributed by atoms with E-state index in [4.69, 9.17) is 14.2 Å². The zero-order chi connectivity index (χ0) is 21.9. The summed E-state index contributed by atoms with van der Waals surface area (Å²) in [4.78, 5) is 17.8. The van der Waals surface area contributed by atoms with Crippen molar-refractivity contribution in [3.05, 3.63) is 24.3 Å². The molecule has 0 bridgehead atoms. The van der Waals surface area contributed by atoms with Crippen LogP contribution in [0.5, 0.6) is 5.75 Å². The van der Waals surface area contributed by atoms with Crippen molar-refractivity contribution in [1.29, 1.82) is 0 Å². The molecule has 3 aliphatic heterocycles. The normalized spacial score (nSPS) is 41.2. The molecule has 0 radical (unpaired) electrons. The number of nitrogens with zero attached hydrogens (tertiary/aromatic N) is 2. The molecule has 1 aromatic rings. The third kappa shape index (κ3) is 3.41. The lowest BCUT2D eigenvalue weighted by Gasteiger charge is -2.51. The van der Waals surface area contributed by atoms with Crippen molar-refractivity contribution < 1.29 is 19.0 Å². The van der Waals surface area contributed by atoms with E-state index in [1.807, 2.05) is 12.1 Å². The molecule has 5 fully saturated rings. The zero-order valence-corrected chi connectivity index (χ0v) is 19.4. The van der Waals surface area contributed by atoms with Gasteiger partial charge >= 0.3 is 5.97 Å². The van der Waals surface area contributed by atoms with Gasteiger partial charge in [-0.3, -0.25) is 9.69 Å². The fourth-order valence-corrected chi connectivity index (χ4v) is 7.44. The Hall–Kier alpha value is -1.79. The highest BCUT2D eigenvalue weighted by Gasteiger charge is 2.65. The predicted octanol–water partition coefficient (Wildman–Crippen LogP) is 3.34. The largest absolute Gasteiger partial charge is 0.497 e. The number of hydrogen-bond donors (Lipinski definition) is 0. The Morgan fingerprint density at radius 2 is 2.00 bits per heavy atom. The number of anilines is 1. The fraction of sp³-hybridized carbons (Fsp3) is 0.731. The van der Waals surface area contributed by atoms with Crippen LogP contribution in [0.3, 0.4) is 0 Å². The van der Waals surface area contributed by atoms with Crippen LogP contribution in [0.4, 0.5) is 5.69 Å². The molecule has 6 heteroatoms. The van der Waals surface area contributed by atoms with Crippen LogP contribution < -0.4 is 9.64 Å². The molecule has 174 valence electrons. The number of piperazine rings is 1. The van der Waals surface area contributed by atoms with E-state index >= 15 is 0 Å². The SMILES string of the molecule is COc1cccc(N2CCN(C[C@@H]3C(=O)O[C@@H]4C[C@@]5(C)CCC[C@@]6(CO6)[C@@H]5C[C@H]34)CC2)c1. The summed E-state index contributed by atoms with van der Waals surface area (Å²) < 4.78 is 17.4. The van der Waals surface area contributed by atoms with E-state index in [1.165, 1.54) is 24.9 Å². The quantitative estimate of drug-likeness (QED) is 0.529. The second-order valence-corrected chi connectivity index (χ2v) is 11.1. The molecule has 2 saturated carbocycles. The molecule has 6 nitrogen and oxygen atoms in total. The molecule has 6 atom stereocenters. The second kappa shape index (κ2) is 7.63. The third-order valence-electron chi connectivity index (χ3n) is 9.32. The average Bonchev–Trinajstić information content (AvgIpc) is 3.51. The summed E-state index contributed by atoms with van der Waals surface area (Å²) >= 11 is 0. The van der Waals surface area contributed by atoms with Crippen molar-refractivity contribution in [1.82, 2.24) is 4.90 Å². The Morgan fingerprint density at radius 3 is 2.75 bits per heavy atom. The maximum absolute atomic E-state index is 13.0. The number of fused-ring (bicyclic) bond motifs is 3. The van der Waals surface area contributed by atoms with Gasteiger partial charge in [-0.15, -0.1) is 0 Å². The van der Waals surface area contributed by atoms with E-state index in [2.05, 4.69) is 28.9 Å². The van der Waals surface area contributed by atoms with Crippen molar-refractivity contribution in [3.63, 3.8) is 0 Å². The lowest BCUT2D eigenvalue weighted by Crippen LogP contribution is -2.52. The fourth-order valence-electron chi connectivity index (χ4n) is 7.44. The molecule has 0 unspecified atom stereocenters. The van der Waals surface area contributed by atoms with E-state index in [1.54, 1.807) is 7.11 Å². The molecule has 6 rings (SSSR count). The minimum absolute atomic E-state index is 0.0191. The third-order valence-corrected chi connectivity index (χ3v) is 9.32. The first-order valence-corrected chi connectivity index (χ1v) is 12.5. The molecular formula is C26H36N2O4. The van der Waals surface area contributed by atoms with Gasteiger partial charge in [0.05, 0.1) is 25.2 Å². The number of benzene rings is 1. The first-order chi connectivity index (χ1) is 15.5. The first-order valence-electron chi connectivity index (χ1n) is 12.5. The van der Waals surface area contributed by atoms with Gasteiger partial charge in [-0.1, -0.05) is 13.0 Å². The summed E-state index contributed by atoms with van der Waals surface area (Å²) in [6.45, 7) is 8.09. The molecule has 3 heterocycles. The number of epoxide rings is 1. The summed E-state index contributed by atoms with van der Waals surface area (Å²) in [6.07, 6.45) is 5.94. The minimum Gasteiger partial charge on any atom is -0.497 e. The molecule has 2 aliphatic carbocycles. The Labute approximate surface area is 191 Å². The number of hydrogen-bond acceptors (Lipinski definition) is 6. The summed E-state index contributed by atoms with van der Waals surface area (Å²) in [6, 6.07) is 8.29. The molecule has 5 aliphatic rings. The number of carbonyl (C=O) groups excluding carboxylic acids is 1. The highest BCUT2D eigenvalue weighted by molar-refractivity contribution is 5.75. The van der Waals surface area contributed by atoms with E-state index < -0.39 is 0 Å². The van der Waals surface area contributed by atoms with Crippen LogP contribution in [-0.4, -0.2) is 69.0 Å². The van der Waals surface area contributed by atoms with Gasteiger partial charge in [-0.25, -0.2) is 0 Å². The molecule has 3 saturated heterocycles. The summed E-state index contributed by atoms with van der Waals surface area (Å²) in [7, 11) is 1.71. The standard InChI is InChI=1S/C26H36N2O4/c1-25-7-4-8-26(17-31-26)23(25)14-20-21(24(29)32-22(20)15-25)16-27-9-11-28(12-10-27)18-5-3-6-19(13-18)30-2/h3,5-6,13,20-23H,4,7-12,14-17H2,1-2H3/t20-,21+,22-,23-,25-,26-/m1/s1. The number of rotatable bonds is 4. The van der Waals surface area contributed by atoms with Gasteiger partial charge in [0.25, 0.3) is 0 Å². The summed E-state index contributed by atoms with van der Waals surface area (Å²) in [5.74, 6) is 1.91. The van der Waals surface area contributed by atoms with Gasteiger partial charge in [0.1, 0.15) is 11.9 Å². The Morgan fingerprint density at radius 1 is 1.19 bits per heavy atom. The molecule has 1 spiro atoms. The van der Waals surface area contributed by atoms with Crippen molar-refractivity contribution in [2.75, 3.05) is 51.3 Å². The molecule has 1 aromatic carbocycles. The van der Waals surface area contributed by atoms with Crippen molar-refractivity contribution >= 4 is 11.7 Å². The highest BCUT2D eigenvalue weighted by atomic mass is 16.6. The van der Waals surface area contributed by atoms with Gasteiger partial charge in [0.15, 0.2) is 0 Å². The molecule has 0 aromatic heterocycles. The molecule has 0 N–H and O–H groups in total. The Balaban J connectivity index is 1.11. The topological polar surface area (TPSA) is 54.5 Å². The first kappa shape index (κ1) is 20.8. The molecule has 32 heavy (non-hydrogen) atoms. The van der Waals surface area contributed by atoms with Crippen molar-refractivity contribution in [2.24, 2.45) is 23.2 Å². The van der Waals surface area contributed by atoms with Crippen LogP contribution >= 0.6 is 0 Å². The van der Waals surface area contributed by atoms with Crippen LogP contribution in [0.1, 0.15) is 39.0 Å². The van der Waals surface area contributed by atoms with Crippen LogP contribution in [0.15, 0.2) is 24.3 Å². The number of methoxy groups -OCH3 is 1. The van der Waals surface area contributed by atoms with E-state index in [9.17, 15) is 4.79 Å². The van der Waals surface area contributed by atoms with Crippen LogP contribution in [-0.2, 0) is 14.3 Å². The molecule has 0 amide bonds. The zero-order valence-electron chi connectivity index (χ0n) is 19.4. The Bertz CT molecular complexity index is 878. The number of carbonyl (C=O) groups is 1. The maximum atomic E-state index is 13.0. The van der Waals surface area contributed by atoms with Gasteiger partial charge in [-0.05, 0) is 55.6 Å². The maximum Gasteiger partial charge on any atom is 0.310 e. The van der Waals surface area contributed by atoms with E-state index in [-0.39, 0.29) is 29.0 Å². The van der Waals surface area contributed by atoms with Crippen LogP contribution in [0.25, 0.3) is 0 Å². The van der Waals surface area contributed by atoms with Gasteiger partial charge in [-0.2, -0.15) is 0 Å². The van der Waals surface area contributed by atoms with Crippen molar-refractivity contribution in [2.45, 2.75) is 50.7 Å². The lowest BCUT2D eigenvalue weighted by atomic mass is 9.53. The predicted molar refractivity (Wildman–Crippen MR) is 122 cm³/mol. The van der Waals surface area contributed by atoms with Gasteiger partial charge < -0.3 is 19.1 Å². The number of esters is 1. The highest BCUT2D eigenvalue weighted by Crippen LogP contribution is 2.62. The molecular weight excluding hydrogens is 404 g/mol.